The molecule has 36 heavy (non-hydrogen) atoms. The van der Waals surface area contributed by atoms with Crippen LogP contribution in [0.3, 0.4) is 0 Å². The Hall–Kier alpha value is -5.05. The molecule has 0 heterocycles. The molecule has 0 aliphatic heterocycles. The van der Waals surface area contributed by atoms with Crippen LogP contribution in [0.4, 0.5) is 24.5 Å². The second kappa shape index (κ2) is 10.5. The van der Waals surface area contributed by atoms with E-state index in [2.05, 4.69) is 5.32 Å². The number of alkyl halides is 3. The number of nitrogens with zero attached hydrogens (tertiary/aromatic N) is 2. The number of rotatable bonds is 7. The highest BCUT2D eigenvalue weighted by Crippen LogP contribution is 2.40. The first-order valence-electron chi connectivity index (χ1n) is 9.95. The molecule has 3 aromatic carbocycles. The van der Waals surface area contributed by atoms with Crippen molar-refractivity contribution in [2.24, 2.45) is 0 Å². The number of nitro groups is 1. The number of nitrogens with one attached hydrogen (secondary N) is 1. The molecule has 0 aromatic heterocycles. The summed E-state index contributed by atoms with van der Waals surface area (Å²) in [5.41, 5.74) is -1.69. The molecule has 0 radical (unpaired) electrons. The number of nitro benzene ring substituents is 1. The normalized spacial score (nSPS) is 11.4. The third kappa shape index (κ3) is 6.09. The third-order valence-corrected chi connectivity index (χ3v) is 4.69. The number of ether oxygens (including phenoxy) is 2. The van der Waals surface area contributed by atoms with Crippen LogP contribution in [0.1, 0.15) is 11.1 Å². The minimum absolute atomic E-state index is 0.0000729. The van der Waals surface area contributed by atoms with Crippen LogP contribution in [0, 0.1) is 21.4 Å². The van der Waals surface area contributed by atoms with Gasteiger partial charge in [-0.2, -0.15) is 18.4 Å². The van der Waals surface area contributed by atoms with Gasteiger partial charge in [-0.25, -0.2) is 0 Å². The lowest BCUT2D eigenvalue weighted by molar-refractivity contribution is -0.385. The van der Waals surface area contributed by atoms with Crippen LogP contribution in [0.5, 0.6) is 23.0 Å². The summed E-state index contributed by atoms with van der Waals surface area (Å²) in [5.74, 6) is -1.18. The van der Waals surface area contributed by atoms with Gasteiger partial charge in [0.2, 0.25) is 5.75 Å². The van der Waals surface area contributed by atoms with Crippen LogP contribution in [-0.4, -0.2) is 23.0 Å². The number of halogens is 3. The fourth-order valence-electron chi connectivity index (χ4n) is 2.96. The minimum atomic E-state index is -4.78. The number of benzene rings is 3. The number of phenolic OH excluding ortho intramolecular Hbond substituents is 1. The second-order valence-corrected chi connectivity index (χ2v) is 7.12. The van der Waals surface area contributed by atoms with Gasteiger partial charge < -0.3 is 19.9 Å². The van der Waals surface area contributed by atoms with E-state index in [-0.39, 0.29) is 22.8 Å². The highest BCUT2D eigenvalue weighted by molar-refractivity contribution is 6.09. The van der Waals surface area contributed by atoms with E-state index in [0.29, 0.717) is 23.4 Å². The van der Waals surface area contributed by atoms with Crippen molar-refractivity contribution >= 4 is 23.4 Å². The number of nitriles is 1. The molecule has 0 saturated carbocycles. The summed E-state index contributed by atoms with van der Waals surface area (Å²) in [5, 5.41) is 32.5. The van der Waals surface area contributed by atoms with E-state index in [9.17, 15) is 38.4 Å². The van der Waals surface area contributed by atoms with Gasteiger partial charge in [0.1, 0.15) is 17.4 Å². The van der Waals surface area contributed by atoms with Crippen LogP contribution in [0.2, 0.25) is 0 Å². The molecule has 0 fully saturated rings. The fourth-order valence-corrected chi connectivity index (χ4v) is 2.96. The van der Waals surface area contributed by atoms with Crippen molar-refractivity contribution < 1.29 is 37.5 Å². The average Bonchev–Trinajstić information content (AvgIpc) is 2.84. The van der Waals surface area contributed by atoms with Crippen molar-refractivity contribution in [1.82, 2.24) is 0 Å². The summed E-state index contributed by atoms with van der Waals surface area (Å²) in [4.78, 5) is 22.7. The Kier molecular flexibility index (Phi) is 7.44. The van der Waals surface area contributed by atoms with Gasteiger partial charge in [-0.3, -0.25) is 14.9 Å². The van der Waals surface area contributed by atoms with Crippen molar-refractivity contribution in [2.75, 3.05) is 12.4 Å². The van der Waals surface area contributed by atoms with Crippen LogP contribution in [-0.2, 0) is 11.0 Å². The Morgan fingerprint density at radius 2 is 1.75 bits per heavy atom. The van der Waals surface area contributed by atoms with E-state index in [1.807, 2.05) is 0 Å². The smallest absolute Gasteiger partial charge is 0.416 e. The summed E-state index contributed by atoms with van der Waals surface area (Å²) in [6.45, 7) is 0. The van der Waals surface area contributed by atoms with Gasteiger partial charge >= 0.3 is 11.9 Å². The first kappa shape index (κ1) is 25.6. The van der Waals surface area contributed by atoms with E-state index in [1.54, 1.807) is 6.07 Å². The van der Waals surface area contributed by atoms with E-state index >= 15 is 0 Å². The zero-order valence-corrected chi connectivity index (χ0v) is 18.4. The van der Waals surface area contributed by atoms with Gasteiger partial charge in [-0.05, 0) is 60.2 Å². The topological polar surface area (TPSA) is 135 Å². The number of carbonyl (C=O) groups is 1. The van der Waals surface area contributed by atoms with E-state index < -0.39 is 34.0 Å². The third-order valence-electron chi connectivity index (χ3n) is 4.69. The Bertz CT molecular complexity index is 1380. The molecular formula is C24H16F3N3O6. The first-order valence-corrected chi connectivity index (χ1v) is 9.95. The van der Waals surface area contributed by atoms with Gasteiger partial charge in [0.15, 0.2) is 11.5 Å². The summed E-state index contributed by atoms with van der Waals surface area (Å²) in [7, 11) is 1.26. The monoisotopic (exact) mass is 499 g/mol. The quantitative estimate of drug-likeness (QED) is 0.141. The average molecular weight is 499 g/mol. The highest BCUT2D eigenvalue weighted by Gasteiger charge is 2.33. The van der Waals surface area contributed by atoms with Gasteiger partial charge in [0.05, 0.1) is 17.6 Å². The molecule has 0 spiro atoms. The standard InChI is InChI=1S/C24H16F3N3O6/c1-35-22-11-14(10-15(13-28)23(32)29-17-4-6-18(31)7-5-17)2-8-21(22)36-20-9-3-16(24(25,26)27)12-19(20)30(33)34/h2-12,31H,1H3,(H,29,32)/b15-10+. The van der Waals surface area contributed by atoms with Gasteiger partial charge in [-0.15, -0.1) is 0 Å². The fraction of sp³-hybridized carbons (Fsp3) is 0.0833. The molecule has 0 aliphatic carbocycles. The number of methoxy groups -OCH3 is 1. The van der Waals surface area contributed by atoms with Crippen LogP contribution in [0.15, 0.2) is 66.2 Å². The van der Waals surface area contributed by atoms with Crippen molar-refractivity contribution in [3.8, 4) is 29.1 Å². The van der Waals surface area contributed by atoms with Crippen molar-refractivity contribution in [2.45, 2.75) is 6.18 Å². The lowest BCUT2D eigenvalue weighted by Crippen LogP contribution is -2.13. The van der Waals surface area contributed by atoms with Gasteiger partial charge in [0.25, 0.3) is 5.91 Å². The summed E-state index contributed by atoms with van der Waals surface area (Å²) < 4.78 is 49.5. The number of hydrogen-bond donors (Lipinski definition) is 2. The molecule has 0 aliphatic rings. The van der Waals surface area contributed by atoms with Gasteiger partial charge in [0, 0.05) is 11.8 Å². The molecule has 0 bridgehead atoms. The SMILES string of the molecule is COc1cc(/C=C(\C#N)C(=O)Nc2ccc(O)cc2)ccc1Oc1ccc(C(F)(F)F)cc1[N+](=O)[O-]. The number of carbonyl (C=O) groups excluding carboxylic acids is 1. The number of amides is 1. The Morgan fingerprint density at radius 3 is 2.33 bits per heavy atom. The molecule has 0 unspecified atom stereocenters. The highest BCUT2D eigenvalue weighted by atomic mass is 19.4. The Labute approximate surface area is 201 Å². The maximum Gasteiger partial charge on any atom is 0.416 e. The lowest BCUT2D eigenvalue weighted by atomic mass is 10.1. The summed E-state index contributed by atoms with van der Waals surface area (Å²) in [6, 6.07) is 13.3. The number of anilines is 1. The predicted octanol–water partition coefficient (Wildman–Crippen LogP) is 5.67. The Balaban J connectivity index is 1.88. The minimum Gasteiger partial charge on any atom is -0.508 e. The predicted molar refractivity (Wildman–Crippen MR) is 121 cm³/mol. The number of aromatic hydroxyl groups is 1. The lowest BCUT2D eigenvalue weighted by Gasteiger charge is -2.13. The molecular weight excluding hydrogens is 483 g/mol. The number of phenols is 1. The molecule has 0 atom stereocenters. The molecule has 2 N–H and O–H groups in total. The van der Waals surface area contributed by atoms with Crippen LogP contribution >= 0.6 is 0 Å². The van der Waals surface area contributed by atoms with Crippen LogP contribution < -0.4 is 14.8 Å². The number of hydrogen-bond acceptors (Lipinski definition) is 7. The van der Waals surface area contributed by atoms with Crippen molar-refractivity contribution in [3.05, 3.63) is 87.5 Å². The molecule has 184 valence electrons. The largest absolute Gasteiger partial charge is 0.508 e. The Morgan fingerprint density at radius 1 is 1.08 bits per heavy atom. The molecule has 3 aromatic rings. The van der Waals surface area contributed by atoms with Crippen molar-refractivity contribution in [1.29, 1.82) is 5.26 Å². The maximum absolute atomic E-state index is 12.9. The van der Waals surface area contributed by atoms with Crippen molar-refractivity contribution in [3.63, 3.8) is 0 Å². The zero-order valence-electron chi connectivity index (χ0n) is 18.4. The summed E-state index contributed by atoms with van der Waals surface area (Å²) in [6.07, 6.45) is -3.52. The zero-order chi connectivity index (χ0) is 26.5. The van der Waals surface area contributed by atoms with E-state index in [4.69, 9.17) is 9.47 Å². The maximum atomic E-state index is 12.9. The van der Waals surface area contributed by atoms with E-state index in [0.717, 1.165) is 6.07 Å². The molecule has 0 saturated heterocycles. The molecule has 9 nitrogen and oxygen atoms in total. The van der Waals surface area contributed by atoms with E-state index in [1.165, 1.54) is 55.7 Å². The molecule has 12 heteroatoms. The first-order chi connectivity index (χ1) is 17.0. The summed E-state index contributed by atoms with van der Waals surface area (Å²) >= 11 is 0. The second-order valence-electron chi connectivity index (χ2n) is 7.12. The van der Waals surface area contributed by atoms with Crippen LogP contribution in [0.25, 0.3) is 6.08 Å². The van der Waals surface area contributed by atoms with Gasteiger partial charge in [-0.1, -0.05) is 6.07 Å². The molecule has 3 rings (SSSR count). The molecule has 1 amide bonds.